The van der Waals surface area contributed by atoms with E-state index in [-0.39, 0.29) is 11.4 Å². The van der Waals surface area contributed by atoms with E-state index in [4.69, 9.17) is 4.98 Å². The van der Waals surface area contributed by atoms with E-state index in [1.807, 2.05) is 18.2 Å². The second-order valence-corrected chi connectivity index (χ2v) is 8.01. The van der Waals surface area contributed by atoms with Gasteiger partial charge >= 0.3 is 0 Å². The second kappa shape index (κ2) is 7.06. The second-order valence-electron chi connectivity index (χ2n) is 8.01. The number of carbonyl (C=O) groups excluding carboxylic acids is 1. The maximum absolute atomic E-state index is 12.4. The minimum atomic E-state index is -0.0209. The normalized spacial score (nSPS) is 16.1. The lowest BCUT2D eigenvalue weighted by Crippen LogP contribution is -2.38. The minimum absolute atomic E-state index is 0.0137. The van der Waals surface area contributed by atoms with Gasteiger partial charge in [-0.1, -0.05) is 43.7 Å². The maximum Gasteiger partial charge on any atom is 0.253 e. The number of nitrogens with zero attached hydrogens (tertiary/aromatic N) is 3. The van der Waals surface area contributed by atoms with Crippen LogP contribution in [0.25, 0.3) is 22.4 Å². The van der Waals surface area contributed by atoms with Gasteiger partial charge in [0.2, 0.25) is 0 Å². The summed E-state index contributed by atoms with van der Waals surface area (Å²) in [5.41, 5.74) is 4.91. The van der Waals surface area contributed by atoms with Gasteiger partial charge in [0, 0.05) is 24.2 Å². The molecule has 1 aliphatic rings. The van der Waals surface area contributed by atoms with E-state index in [9.17, 15) is 4.79 Å². The molecule has 0 saturated carbocycles. The third-order valence-electron chi connectivity index (χ3n) is 6.12. The molecule has 28 heavy (non-hydrogen) atoms. The number of benzene rings is 2. The highest BCUT2D eigenvalue weighted by molar-refractivity contribution is 6.06. The predicted octanol–water partition coefficient (Wildman–Crippen LogP) is 4.02. The van der Waals surface area contributed by atoms with Crippen LogP contribution < -0.4 is 5.32 Å². The zero-order valence-corrected chi connectivity index (χ0v) is 17.1. The van der Waals surface area contributed by atoms with Crippen LogP contribution in [0.5, 0.6) is 0 Å². The van der Waals surface area contributed by atoms with Gasteiger partial charge in [0.25, 0.3) is 5.91 Å². The summed E-state index contributed by atoms with van der Waals surface area (Å²) in [7, 11) is 4.29. The van der Waals surface area contributed by atoms with Gasteiger partial charge in [-0.15, -0.1) is 0 Å². The molecule has 3 aromatic rings. The van der Waals surface area contributed by atoms with E-state index < -0.39 is 0 Å². The molecule has 2 heterocycles. The molecule has 1 unspecified atom stereocenters. The topological polar surface area (TPSA) is 50.2 Å². The highest BCUT2D eigenvalue weighted by Gasteiger charge is 2.28. The van der Waals surface area contributed by atoms with E-state index in [0.29, 0.717) is 12.1 Å². The van der Waals surface area contributed by atoms with Crippen LogP contribution in [0.3, 0.4) is 0 Å². The first-order chi connectivity index (χ1) is 13.5. The quantitative estimate of drug-likeness (QED) is 0.732. The molecule has 5 heteroatoms. The third kappa shape index (κ3) is 2.90. The number of para-hydroxylation sites is 1. The predicted molar refractivity (Wildman–Crippen MR) is 113 cm³/mol. The summed E-state index contributed by atoms with van der Waals surface area (Å²) in [5.74, 6) is 0.903. The van der Waals surface area contributed by atoms with Crippen LogP contribution in [0.4, 0.5) is 0 Å². The van der Waals surface area contributed by atoms with Crippen molar-refractivity contribution in [3.05, 3.63) is 53.6 Å². The molecular formula is C23H28N4O. The summed E-state index contributed by atoms with van der Waals surface area (Å²) in [6, 6.07) is 14.5. The van der Waals surface area contributed by atoms with Crippen molar-refractivity contribution in [1.29, 1.82) is 0 Å². The van der Waals surface area contributed by atoms with Gasteiger partial charge < -0.3 is 9.88 Å². The van der Waals surface area contributed by atoms with Crippen LogP contribution >= 0.6 is 0 Å². The number of hydrogen-bond donors (Lipinski definition) is 1. The van der Waals surface area contributed by atoms with Gasteiger partial charge in [0.15, 0.2) is 0 Å². The lowest BCUT2D eigenvalue weighted by Gasteiger charge is -2.37. The van der Waals surface area contributed by atoms with Crippen LogP contribution in [0.2, 0.25) is 0 Å². The first-order valence-electron chi connectivity index (χ1n) is 10.0. The van der Waals surface area contributed by atoms with Crippen LogP contribution in [0.1, 0.15) is 42.6 Å². The van der Waals surface area contributed by atoms with E-state index >= 15 is 0 Å². The Kier molecular flexibility index (Phi) is 4.71. The molecule has 1 amide bonds. The summed E-state index contributed by atoms with van der Waals surface area (Å²) in [6.45, 7) is 5.86. The van der Waals surface area contributed by atoms with Gasteiger partial charge in [-0.05, 0) is 45.1 Å². The molecule has 0 fully saturated rings. The van der Waals surface area contributed by atoms with Crippen LogP contribution in [-0.2, 0) is 12.1 Å². The standard InChI is InChI=1S/C23H28N4O/c1-5-13-23(2,26(3)4)17-11-9-16(10-12-17)21-25-19-8-6-7-18-20(19)27(21)15-14-24-22(18)28/h6-12H,5,13-15H2,1-4H3,(H,24,28). The Balaban J connectivity index is 1.80. The van der Waals surface area contributed by atoms with E-state index in [1.165, 1.54) is 5.56 Å². The van der Waals surface area contributed by atoms with Crippen molar-refractivity contribution in [1.82, 2.24) is 19.8 Å². The van der Waals surface area contributed by atoms with Crippen LogP contribution in [0, 0.1) is 0 Å². The molecule has 0 aliphatic carbocycles. The van der Waals surface area contributed by atoms with Crippen molar-refractivity contribution in [2.24, 2.45) is 0 Å². The maximum atomic E-state index is 12.4. The van der Waals surface area contributed by atoms with Gasteiger partial charge in [-0.3, -0.25) is 9.69 Å². The van der Waals surface area contributed by atoms with Crippen LogP contribution in [-0.4, -0.2) is 41.0 Å². The number of carbonyl (C=O) groups is 1. The minimum Gasteiger partial charge on any atom is -0.350 e. The summed E-state index contributed by atoms with van der Waals surface area (Å²) in [4.78, 5) is 19.5. The Morgan fingerprint density at radius 1 is 1.18 bits per heavy atom. The summed E-state index contributed by atoms with van der Waals surface area (Å²) in [6.07, 6.45) is 2.24. The highest BCUT2D eigenvalue weighted by atomic mass is 16.1. The number of amides is 1. The Morgan fingerprint density at radius 2 is 1.93 bits per heavy atom. The van der Waals surface area contributed by atoms with Gasteiger partial charge in [0.05, 0.1) is 16.6 Å². The molecular weight excluding hydrogens is 348 g/mol. The molecule has 5 nitrogen and oxygen atoms in total. The molecule has 0 bridgehead atoms. The fraction of sp³-hybridized carbons (Fsp3) is 0.391. The lowest BCUT2D eigenvalue weighted by atomic mass is 9.86. The Morgan fingerprint density at radius 3 is 2.61 bits per heavy atom. The fourth-order valence-electron chi connectivity index (χ4n) is 4.27. The number of aromatic nitrogens is 2. The lowest BCUT2D eigenvalue weighted by molar-refractivity contribution is 0.0956. The van der Waals surface area contributed by atoms with E-state index in [1.54, 1.807) is 0 Å². The molecule has 0 saturated heterocycles. The van der Waals surface area contributed by atoms with Crippen molar-refractivity contribution in [3.63, 3.8) is 0 Å². The molecule has 0 radical (unpaired) electrons. The van der Waals surface area contributed by atoms with Crippen LogP contribution in [0.15, 0.2) is 42.5 Å². The van der Waals surface area contributed by atoms with Crippen molar-refractivity contribution in [2.75, 3.05) is 20.6 Å². The SMILES string of the molecule is CCCC(C)(c1ccc(-c2nc3cccc4c3n2CCNC4=O)cc1)N(C)C. The van der Waals surface area contributed by atoms with Crippen molar-refractivity contribution >= 4 is 16.9 Å². The fourth-order valence-corrected chi connectivity index (χ4v) is 4.27. The van der Waals surface area contributed by atoms with Gasteiger partial charge in [-0.2, -0.15) is 0 Å². The van der Waals surface area contributed by atoms with E-state index in [2.05, 4.69) is 67.0 Å². The summed E-state index contributed by atoms with van der Waals surface area (Å²) >= 11 is 0. The molecule has 4 rings (SSSR count). The molecule has 0 spiro atoms. The zero-order chi connectivity index (χ0) is 19.9. The summed E-state index contributed by atoms with van der Waals surface area (Å²) in [5, 5.41) is 2.98. The van der Waals surface area contributed by atoms with Gasteiger partial charge in [-0.25, -0.2) is 4.98 Å². The summed E-state index contributed by atoms with van der Waals surface area (Å²) < 4.78 is 2.18. The largest absolute Gasteiger partial charge is 0.350 e. The van der Waals surface area contributed by atoms with Crippen molar-refractivity contribution < 1.29 is 4.79 Å². The van der Waals surface area contributed by atoms with Crippen molar-refractivity contribution in [2.45, 2.75) is 38.8 Å². The number of hydrogen-bond acceptors (Lipinski definition) is 3. The molecule has 146 valence electrons. The average molecular weight is 377 g/mol. The zero-order valence-electron chi connectivity index (χ0n) is 17.1. The average Bonchev–Trinajstić information content (AvgIpc) is 2.97. The Hall–Kier alpha value is -2.66. The third-order valence-corrected chi connectivity index (χ3v) is 6.12. The Bertz CT molecular complexity index is 1020. The first-order valence-corrected chi connectivity index (χ1v) is 10.0. The number of rotatable bonds is 5. The molecule has 1 atom stereocenters. The van der Waals surface area contributed by atoms with Gasteiger partial charge in [0.1, 0.15) is 5.82 Å². The first kappa shape index (κ1) is 18.7. The Labute approximate surface area is 166 Å². The number of nitrogens with one attached hydrogen (secondary N) is 1. The van der Waals surface area contributed by atoms with E-state index in [0.717, 1.165) is 41.8 Å². The van der Waals surface area contributed by atoms with Crippen molar-refractivity contribution in [3.8, 4) is 11.4 Å². The molecule has 1 aliphatic heterocycles. The highest BCUT2D eigenvalue weighted by Crippen LogP contribution is 2.33. The molecule has 1 N–H and O–H groups in total. The monoisotopic (exact) mass is 376 g/mol. The number of imidazole rings is 1. The molecule has 1 aromatic heterocycles. The molecule has 2 aromatic carbocycles. The smallest absolute Gasteiger partial charge is 0.253 e.